The summed E-state index contributed by atoms with van der Waals surface area (Å²) in [6.07, 6.45) is 1.25. The molecule has 120 valence electrons. The van der Waals surface area contributed by atoms with Gasteiger partial charge in [0.1, 0.15) is 30.9 Å². The van der Waals surface area contributed by atoms with Crippen molar-refractivity contribution in [3.63, 3.8) is 0 Å². The number of ether oxygens (including phenoxy) is 4. The van der Waals surface area contributed by atoms with Crippen molar-refractivity contribution >= 4 is 5.97 Å². The van der Waals surface area contributed by atoms with Crippen LogP contribution >= 0.6 is 0 Å². The largest absolute Gasteiger partial charge is 0.497 e. The Balaban J connectivity index is 1.60. The van der Waals surface area contributed by atoms with Gasteiger partial charge in [0, 0.05) is 11.6 Å². The monoisotopic (exact) mass is 317 g/mol. The first-order valence-corrected chi connectivity index (χ1v) is 6.98. The molecule has 2 heterocycles. The Morgan fingerprint density at radius 1 is 1.26 bits per heavy atom. The molecule has 1 aromatic carbocycles. The molecule has 0 radical (unpaired) electrons. The van der Waals surface area contributed by atoms with Crippen LogP contribution in [0.5, 0.6) is 5.75 Å². The van der Waals surface area contributed by atoms with Crippen LogP contribution < -0.4 is 4.74 Å². The quantitative estimate of drug-likeness (QED) is 0.783. The number of hydrogen-bond acceptors (Lipinski definition) is 7. The zero-order valence-corrected chi connectivity index (χ0v) is 12.5. The predicted molar refractivity (Wildman–Crippen MR) is 78.3 cm³/mol. The van der Waals surface area contributed by atoms with E-state index in [1.807, 2.05) is 24.3 Å². The Hall–Kier alpha value is -2.96. The van der Waals surface area contributed by atoms with Gasteiger partial charge in [-0.3, -0.25) is 0 Å². The second kappa shape index (κ2) is 6.87. The third kappa shape index (κ3) is 3.63. The second-order valence-electron chi connectivity index (χ2n) is 4.68. The number of rotatable bonds is 5. The molecule has 0 atom stereocenters. The summed E-state index contributed by atoms with van der Waals surface area (Å²) in [6, 6.07) is 9.10. The maximum absolute atomic E-state index is 11.7. The van der Waals surface area contributed by atoms with Crippen LogP contribution in [0.2, 0.25) is 0 Å². The van der Waals surface area contributed by atoms with Gasteiger partial charge in [0.2, 0.25) is 5.76 Å². The highest BCUT2D eigenvalue weighted by molar-refractivity contribution is 5.86. The Morgan fingerprint density at radius 3 is 2.78 bits per heavy atom. The van der Waals surface area contributed by atoms with Gasteiger partial charge in [-0.1, -0.05) is 5.16 Å². The molecule has 1 aliphatic heterocycles. The van der Waals surface area contributed by atoms with Crippen LogP contribution in [0.3, 0.4) is 0 Å². The molecular weight excluding hydrogens is 302 g/mol. The van der Waals surface area contributed by atoms with Crippen molar-refractivity contribution in [2.75, 3.05) is 20.3 Å². The lowest BCUT2D eigenvalue weighted by Crippen LogP contribution is -2.17. The van der Waals surface area contributed by atoms with Crippen LogP contribution in [0.15, 0.2) is 46.9 Å². The summed E-state index contributed by atoms with van der Waals surface area (Å²) in [5.41, 5.74) is 1.52. The Kier molecular flexibility index (Phi) is 4.46. The highest BCUT2D eigenvalue weighted by Crippen LogP contribution is 2.22. The summed E-state index contributed by atoms with van der Waals surface area (Å²) in [4.78, 5) is 11.7. The first kappa shape index (κ1) is 15.0. The van der Waals surface area contributed by atoms with Crippen molar-refractivity contribution in [3.8, 4) is 17.0 Å². The summed E-state index contributed by atoms with van der Waals surface area (Å²) in [6.45, 7) is 0.706. The molecule has 7 heteroatoms. The molecule has 0 fully saturated rings. The van der Waals surface area contributed by atoms with E-state index in [0.29, 0.717) is 24.7 Å². The average molecular weight is 317 g/mol. The van der Waals surface area contributed by atoms with Gasteiger partial charge in [-0.05, 0) is 24.3 Å². The summed E-state index contributed by atoms with van der Waals surface area (Å²) < 4.78 is 25.5. The van der Waals surface area contributed by atoms with Crippen molar-refractivity contribution in [1.82, 2.24) is 5.16 Å². The summed E-state index contributed by atoms with van der Waals surface area (Å²) in [5, 5.41) is 3.95. The van der Waals surface area contributed by atoms with Crippen LogP contribution in [-0.4, -0.2) is 31.4 Å². The standard InChI is InChI=1S/C16H15NO6/c1-19-12-4-2-11(3-5-12)14-8-13(23-17-14)9-22-16(18)15-10-20-6-7-21-15/h2-5,8,10H,6-7,9H2,1H3. The molecule has 0 amide bonds. The summed E-state index contributed by atoms with van der Waals surface area (Å²) in [5.74, 6) is 0.633. The van der Waals surface area contributed by atoms with E-state index in [2.05, 4.69) is 5.16 Å². The molecule has 0 saturated carbocycles. The van der Waals surface area contributed by atoms with Crippen molar-refractivity contribution in [3.05, 3.63) is 48.1 Å². The van der Waals surface area contributed by atoms with Gasteiger partial charge >= 0.3 is 5.97 Å². The maximum Gasteiger partial charge on any atom is 0.377 e. The van der Waals surface area contributed by atoms with Gasteiger partial charge in [0.15, 0.2) is 12.4 Å². The van der Waals surface area contributed by atoms with Gasteiger partial charge in [0.25, 0.3) is 0 Å². The molecule has 0 spiro atoms. The number of benzene rings is 1. The molecule has 0 saturated heterocycles. The van der Waals surface area contributed by atoms with E-state index in [-0.39, 0.29) is 12.4 Å². The third-order valence-corrected chi connectivity index (χ3v) is 3.14. The first-order valence-electron chi connectivity index (χ1n) is 6.98. The molecule has 0 aliphatic carbocycles. The lowest BCUT2D eigenvalue weighted by Gasteiger charge is -2.13. The fourth-order valence-electron chi connectivity index (χ4n) is 1.96. The van der Waals surface area contributed by atoms with Crippen LogP contribution in [0, 0.1) is 0 Å². The predicted octanol–water partition coefficient (Wildman–Crippen LogP) is 2.28. The highest BCUT2D eigenvalue weighted by atomic mass is 16.6. The highest BCUT2D eigenvalue weighted by Gasteiger charge is 2.17. The minimum atomic E-state index is -0.605. The SMILES string of the molecule is COc1ccc(-c2cc(COC(=O)C3=COCCO3)on2)cc1. The van der Waals surface area contributed by atoms with Crippen molar-refractivity contribution < 1.29 is 28.3 Å². The number of esters is 1. The molecule has 0 N–H and O–H groups in total. The van der Waals surface area contributed by atoms with Crippen LogP contribution in [0.25, 0.3) is 11.3 Å². The van der Waals surface area contributed by atoms with E-state index in [4.69, 9.17) is 23.5 Å². The molecule has 0 unspecified atom stereocenters. The van der Waals surface area contributed by atoms with Crippen LogP contribution in [-0.2, 0) is 25.6 Å². The lowest BCUT2D eigenvalue weighted by molar-refractivity contribution is -0.146. The molecular formula is C16H15NO6. The number of hydrogen-bond donors (Lipinski definition) is 0. The number of carbonyl (C=O) groups is 1. The van der Waals surface area contributed by atoms with Gasteiger partial charge in [0.05, 0.1) is 7.11 Å². The summed E-state index contributed by atoms with van der Waals surface area (Å²) >= 11 is 0. The van der Waals surface area contributed by atoms with Crippen molar-refractivity contribution in [2.24, 2.45) is 0 Å². The minimum Gasteiger partial charge on any atom is -0.497 e. The second-order valence-corrected chi connectivity index (χ2v) is 4.68. The fraction of sp³-hybridized carbons (Fsp3) is 0.250. The zero-order chi connectivity index (χ0) is 16.1. The molecule has 2 aromatic rings. The Labute approximate surface area is 132 Å². The minimum absolute atomic E-state index is 0.0390. The maximum atomic E-state index is 11.7. The molecule has 7 nitrogen and oxygen atoms in total. The third-order valence-electron chi connectivity index (χ3n) is 3.14. The molecule has 23 heavy (non-hydrogen) atoms. The normalized spacial score (nSPS) is 13.5. The first-order chi connectivity index (χ1) is 11.3. The van der Waals surface area contributed by atoms with E-state index < -0.39 is 5.97 Å². The van der Waals surface area contributed by atoms with Crippen molar-refractivity contribution in [1.29, 1.82) is 0 Å². The molecule has 0 bridgehead atoms. The average Bonchev–Trinajstić information content (AvgIpc) is 3.09. The zero-order valence-electron chi connectivity index (χ0n) is 12.5. The van der Waals surface area contributed by atoms with Gasteiger partial charge in [-0.25, -0.2) is 4.79 Å². The fourth-order valence-corrected chi connectivity index (χ4v) is 1.96. The van der Waals surface area contributed by atoms with E-state index in [0.717, 1.165) is 11.3 Å². The Bertz CT molecular complexity index is 704. The van der Waals surface area contributed by atoms with Crippen LogP contribution in [0.4, 0.5) is 0 Å². The smallest absolute Gasteiger partial charge is 0.377 e. The topological polar surface area (TPSA) is 80.0 Å². The molecule has 1 aliphatic rings. The van der Waals surface area contributed by atoms with E-state index in [9.17, 15) is 4.79 Å². The van der Waals surface area contributed by atoms with Gasteiger partial charge in [-0.15, -0.1) is 0 Å². The molecule has 3 rings (SSSR count). The van der Waals surface area contributed by atoms with Gasteiger partial charge < -0.3 is 23.5 Å². The van der Waals surface area contributed by atoms with E-state index in [1.54, 1.807) is 13.2 Å². The number of carbonyl (C=O) groups excluding carboxylic acids is 1. The number of methoxy groups -OCH3 is 1. The van der Waals surface area contributed by atoms with Crippen LogP contribution in [0.1, 0.15) is 5.76 Å². The van der Waals surface area contributed by atoms with E-state index in [1.165, 1.54) is 6.26 Å². The van der Waals surface area contributed by atoms with E-state index >= 15 is 0 Å². The van der Waals surface area contributed by atoms with Gasteiger partial charge in [-0.2, -0.15) is 0 Å². The Morgan fingerprint density at radius 2 is 2.09 bits per heavy atom. The number of aromatic nitrogens is 1. The summed E-state index contributed by atoms with van der Waals surface area (Å²) in [7, 11) is 1.61. The number of nitrogens with zero attached hydrogens (tertiary/aromatic N) is 1. The molecule has 1 aromatic heterocycles. The lowest BCUT2D eigenvalue weighted by atomic mass is 10.1. The van der Waals surface area contributed by atoms with Crippen molar-refractivity contribution in [2.45, 2.75) is 6.61 Å².